The summed E-state index contributed by atoms with van der Waals surface area (Å²) in [5.41, 5.74) is 6.61. The van der Waals surface area contributed by atoms with Crippen LogP contribution in [0.15, 0.2) is 18.2 Å². The van der Waals surface area contributed by atoms with E-state index in [0.717, 1.165) is 25.7 Å². The molecule has 2 unspecified atom stereocenters. The minimum absolute atomic E-state index is 0.147. The zero-order valence-corrected chi connectivity index (χ0v) is 12.9. The molecule has 2 fully saturated rings. The number of imide groups is 1. The van der Waals surface area contributed by atoms with Crippen molar-refractivity contribution < 1.29 is 9.59 Å². The zero-order chi connectivity index (χ0) is 15.1. The molecule has 1 aromatic rings. The second kappa shape index (κ2) is 5.39. The van der Waals surface area contributed by atoms with Crippen molar-refractivity contribution in [1.29, 1.82) is 0 Å². The van der Waals surface area contributed by atoms with Crippen molar-refractivity contribution in [2.45, 2.75) is 25.7 Å². The Balaban J connectivity index is 2.04. The summed E-state index contributed by atoms with van der Waals surface area (Å²) in [5, 5.41) is 0.357. The van der Waals surface area contributed by atoms with Crippen LogP contribution in [0.25, 0.3) is 0 Å². The third-order valence-electron chi connectivity index (χ3n) is 4.31. The van der Waals surface area contributed by atoms with Crippen LogP contribution in [-0.2, 0) is 9.59 Å². The number of fused-ring (bicyclic) bond motifs is 1. The summed E-state index contributed by atoms with van der Waals surface area (Å²) < 4.78 is 0. The number of rotatable bonds is 2. The maximum absolute atomic E-state index is 12.6. The second-order valence-electron chi connectivity index (χ2n) is 5.54. The number of thiocarbonyl (C=S) groups is 1. The van der Waals surface area contributed by atoms with E-state index >= 15 is 0 Å². The fourth-order valence-corrected chi connectivity index (χ4v) is 3.57. The number of halogens is 1. The molecule has 2 amide bonds. The molecular formula is C15H15ClN2O2S. The normalized spacial score (nSPS) is 25.1. The average Bonchev–Trinajstić information content (AvgIpc) is 2.72. The van der Waals surface area contributed by atoms with Gasteiger partial charge in [-0.05, 0) is 25.0 Å². The molecule has 0 radical (unpaired) electrons. The standard InChI is InChI=1S/C15H15ClN2O2S/c16-11-6-5-8(13(17)21)7-12(11)18-14(19)9-3-1-2-4-10(9)15(18)20/h5-7,9-10H,1-4H2,(H2,17,21). The van der Waals surface area contributed by atoms with Gasteiger partial charge in [-0.15, -0.1) is 0 Å². The van der Waals surface area contributed by atoms with Crippen LogP contribution >= 0.6 is 23.8 Å². The van der Waals surface area contributed by atoms with Crippen LogP contribution in [0.1, 0.15) is 31.2 Å². The molecule has 6 heteroatoms. The van der Waals surface area contributed by atoms with Gasteiger partial charge in [-0.3, -0.25) is 9.59 Å². The van der Waals surface area contributed by atoms with Crippen LogP contribution in [0.4, 0.5) is 5.69 Å². The van der Waals surface area contributed by atoms with Crippen LogP contribution in [0.3, 0.4) is 0 Å². The third kappa shape index (κ3) is 2.34. The molecule has 1 saturated carbocycles. The van der Waals surface area contributed by atoms with Crippen molar-refractivity contribution in [3.8, 4) is 0 Å². The van der Waals surface area contributed by atoms with E-state index in [0.29, 0.717) is 16.3 Å². The van der Waals surface area contributed by atoms with Crippen LogP contribution in [-0.4, -0.2) is 16.8 Å². The molecule has 4 nitrogen and oxygen atoms in total. The van der Waals surface area contributed by atoms with Gasteiger partial charge in [0.25, 0.3) is 0 Å². The van der Waals surface area contributed by atoms with Gasteiger partial charge < -0.3 is 5.73 Å². The molecule has 3 rings (SSSR count). The summed E-state index contributed by atoms with van der Waals surface area (Å²) in [5.74, 6) is -0.690. The first-order valence-corrected chi connectivity index (χ1v) is 7.76. The van der Waals surface area contributed by atoms with Gasteiger partial charge in [0.2, 0.25) is 11.8 Å². The van der Waals surface area contributed by atoms with Crippen LogP contribution in [0.2, 0.25) is 5.02 Å². The first-order valence-electron chi connectivity index (χ1n) is 6.98. The molecule has 2 aliphatic rings. The number of anilines is 1. The summed E-state index contributed by atoms with van der Waals surface area (Å²) in [6.45, 7) is 0. The van der Waals surface area contributed by atoms with Crippen LogP contribution in [0, 0.1) is 11.8 Å². The Labute approximate surface area is 133 Å². The number of benzene rings is 1. The molecule has 1 saturated heterocycles. The summed E-state index contributed by atoms with van der Waals surface area (Å²) >= 11 is 11.1. The molecule has 21 heavy (non-hydrogen) atoms. The Hall–Kier alpha value is -1.46. The van der Waals surface area contributed by atoms with Crippen molar-refractivity contribution in [3.05, 3.63) is 28.8 Å². The molecule has 0 bridgehead atoms. The van der Waals surface area contributed by atoms with E-state index in [9.17, 15) is 9.59 Å². The average molecular weight is 323 g/mol. The Bertz CT molecular complexity index is 623. The molecule has 110 valence electrons. The Morgan fingerprint density at radius 2 is 1.76 bits per heavy atom. The molecule has 0 spiro atoms. The molecule has 2 N–H and O–H groups in total. The van der Waals surface area contributed by atoms with Crippen molar-refractivity contribution in [2.75, 3.05) is 4.90 Å². The highest BCUT2D eigenvalue weighted by Gasteiger charge is 2.49. The lowest BCUT2D eigenvalue weighted by molar-refractivity contribution is -0.122. The zero-order valence-electron chi connectivity index (χ0n) is 11.3. The molecule has 1 heterocycles. The van der Waals surface area contributed by atoms with Gasteiger partial charge in [0.15, 0.2) is 0 Å². The SMILES string of the molecule is NC(=S)c1ccc(Cl)c(N2C(=O)C3CCCCC3C2=O)c1. The fraction of sp³-hybridized carbons (Fsp3) is 0.400. The minimum Gasteiger partial charge on any atom is -0.389 e. The van der Waals surface area contributed by atoms with Gasteiger partial charge in [-0.1, -0.05) is 42.7 Å². The van der Waals surface area contributed by atoms with Gasteiger partial charge in [0, 0.05) is 5.56 Å². The maximum Gasteiger partial charge on any atom is 0.237 e. The van der Waals surface area contributed by atoms with E-state index in [2.05, 4.69) is 0 Å². The number of hydrogen-bond donors (Lipinski definition) is 1. The second-order valence-corrected chi connectivity index (χ2v) is 6.39. The Morgan fingerprint density at radius 3 is 2.29 bits per heavy atom. The van der Waals surface area contributed by atoms with Crippen molar-refractivity contribution in [3.63, 3.8) is 0 Å². The number of carbonyl (C=O) groups is 2. The smallest absolute Gasteiger partial charge is 0.237 e. The number of nitrogens with two attached hydrogens (primary N) is 1. The van der Waals surface area contributed by atoms with E-state index in [1.54, 1.807) is 18.2 Å². The van der Waals surface area contributed by atoms with Crippen LogP contribution in [0.5, 0.6) is 0 Å². The number of carbonyl (C=O) groups excluding carboxylic acids is 2. The molecule has 0 aromatic heterocycles. The first kappa shape index (κ1) is 14.5. The van der Waals surface area contributed by atoms with E-state index in [-0.39, 0.29) is 28.6 Å². The summed E-state index contributed by atoms with van der Waals surface area (Å²) in [6.07, 6.45) is 3.54. The Kier molecular flexibility index (Phi) is 3.71. The lowest BCUT2D eigenvalue weighted by Gasteiger charge is -2.19. The molecule has 1 aliphatic heterocycles. The highest BCUT2D eigenvalue weighted by atomic mass is 35.5. The van der Waals surface area contributed by atoms with E-state index in [1.165, 1.54) is 4.90 Å². The van der Waals surface area contributed by atoms with Gasteiger partial charge in [-0.25, -0.2) is 4.90 Å². The van der Waals surface area contributed by atoms with E-state index in [1.807, 2.05) is 0 Å². The predicted octanol–water partition coefficient (Wildman–Crippen LogP) is 2.65. The van der Waals surface area contributed by atoms with Crippen LogP contribution < -0.4 is 10.6 Å². The number of hydrogen-bond acceptors (Lipinski definition) is 3. The predicted molar refractivity (Wildman–Crippen MR) is 85.3 cm³/mol. The molecule has 1 aromatic carbocycles. The highest BCUT2D eigenvalue weighted by molar-refractivity contribution is 7.80. The van der Waals surface area contributed by atoms with Crippen molar-refractivity contribution in [2.24, 2.45) is 17.6 Å². The topological polar surface area (TPSA) is 63.4 Å². The van der Waals surface area contributed by atoms with Gasteiger partial charge >= 0.3 is 0 Å². The summed E-state index contributed by atoms with van der Waals surface area (Å²) in [6, 6.07) is 4.93. The van der Waals surface area contributed by atoms with Gasteiger partial charge in [-0.2, -0.15) is 0 Å². The molecule has 1 aliphatic carbocycles. The first-order chi connectivity index (χ1) is 10.0. The third-order valence-corrected chi connectivity index (χ3v) is 4.87. The Morgan fingerprint density at radius 1 is 1.19 bits per heavy atom. The fourth-order valence-electron chi connectivity index (χ4n) is 3.24. The van der Waals surface area contributed by atoms with Gasteiger partial charge in [0.05, 0.1) is 22.5 Å². The molecular weight excluding hydrogens is 308 g/mol. The monoisotopic (exact) mass is 322 g/mol. The van der Waals surface area contributed by atoms with Gasteiger partial charge in [0.1, 0.15) is 4.99 Å². The quantitative estimate of drug-likeness (QED) is 0.671. The van der Waals surface area contributed by atoms with Crippen molar-refractivity contribution >= 4 is 46.3 Å². The largest absolute Gasteiger partial charge is 0.389 e. The van der Waals surface area contributed by atoms with E-state index in [4.69, 9.17) is 29.6 Å². The lowest BCUT2D eigenvalue weighted by Crippen LogP contribution is -2.31. The van der Waals surface area contributed by atoms with E-state index < -0.39 is 0 Å². The minimum atomic E-state index is -0.198. The highest BCUT2D eigenvalue weighted by Crippen LogP contribution is 2.41. The number of amides is 2. The van der Waals surface area contributed by atoms with Crippen molar-refractivity contribution in [1.82, 2.24) is 0 Å². The summed E-state index contributed by atoms with van der Waals surface area (Å²) in [7, 11) is 0. The number of nitrogens with zero attached hydrogens (tertiary/aromatic N) is 1. The lowest BCUT2D eigenvalue weighted by atomic mass is 9.81. The maximum atomic E-state index is 12.6. The molecule has 2 atom stereocenters. The summed E-state index contributed by atoms with van der Waals surface area (Å²) in [4.78, 5) is 26.6.